The first-order valence-corrected chi connectivity index (χ1v) is 14.0. The van der Waals surface area contributed by atoms with Gasteiger partial charge in [0, 0.05) is 12.1 Å². The lowest BCUT2D eigenvalue weighted by molar-refractivity contribution is -0.0498. The van der Waals surface area contributed by atoms with Gasteiger partial charge in [0.1, 0.15) is 5.75 Å². The average molecular weight is 570 g/mol. The van der Waals surface area contributed by atoms with E-state index in [9.17, 15) is 13.6 Å². The highest BCUT2D eigenvalue weighted by molar-refractivity contribution is 5.95. The third kappa shape index (κ3) is 7.20. The van der Waals surface area contributed by atoms with Gasteiger partial charge < -0.3 is 28.6 Å². The Morgan fingerprint density at radius 1 is 0.805 bits per heavy atom. The lowest BCUT2D eigenvalue weighted by atomic mass is 9.87. The molecule has 1 amide bonds. The van der Waals surface area contributed by atoms with E-state index in [-0.39, 0.29) is 17.7 Å². The molecule has 0 aliphatic carbocycles. The summed E-state index contributed by atoms with van der Waals surface area (Å²) in [6.45, 7) is 7.20. The summed E-state index contributed by atoms with van der Waals surface area (Å²) >= 11 is 0. The molecule has 0 saturated carbocycles. The van der Waals surface area contributed by atoms with Gasteiger partial charge in [-0.15, -0.1) is 0 Å². The number of amides is 1. The van der Waals surface area contributed by atoms with E-state index in [0.717, 1.165) is 16.7 Å². The van der Waals surface area contributed by atoms with Crippen LogP contribution in [-0.4, -0.2) is 50.4 Å². The summed E-state index contributed by atoms with van der Waals surface area (Å²) in [5, 5.41) is 0. The highest BCUT2D eigenvalue weighted by Crippen LogP contribution is 2.41. The van der Waals surface area contributed by atoms with Gasteiger partial charge in [0.15, 0.2) is 23.0 Å². The Bertz CT molecular complexity index is 1310. The van der Waals surface area contributed by atoms with Crippen molar-refractivity contribution in [2.24, 2.45) is 0 Å². The second kappa shape index (κ2) is 14.1. The fourth-order valence-electron chi connectivity index (χ4n) is 5.10. The fraction of sp³-hybridized carbons (Fsp3) is 0.406. The van der Waals surface area contributed by atoms with Crippen LogP contribution in [0.1, 0.15) is 60.8 Å². The van der Waals surface area contributed by atoms with Crippen LogP contribution in [0.4, 0.5) is 8.78 Å². The number of fused-ring (bicyclic) bond motifs is 1. The fourth-order valence-corrected chi connectivity index (χ4v) is 5.10. The number of nitrogens with zero attached hydrogens (tertiary/aromatic N) is 1. The van der Waals surface area contributed by atoms with Gasteiger partial charge in [-0.1, -0.05) is 6.07 Å². The second-order valence-corrected chi connectivity index (χ2v) is 9.38. The highest BCUT2D eigenvalue weighted by atomic mass is 19.3. The van der Waals surface area contributed by atoms with Crippen molar-refractivity contribution in [3.8, 4) is 28.7 Å². The Morgan fingerprint density at radius 2 is 1.39 bits per heavy atom. The minimum absolute atomic E-state index is 0.000240. The summed E-state index contributed by atoms with van der Waals surface area (Å²) in [5.41, 5.74) is 3.42. The van der Waals surface area contributed by atoms with E-state index in [1.165, 1.54) is 24.3 Å². The maximum Gasteiger partial charge on any atom is 0.387 e. The smallest absolute Gasteiger partial charge is 0.387 e. The van der Waals surface area contributed by atoms with Gasteiger partial charge >= 0.3 is 6.61 Å². The Morgan fingerprint density at radius 3 is 2.00 bits per heavy atom. The molecule has 1 aliphatic heterocycles. The van der Waals surface area contributed by atoms with Crippen molar-refractivity contribution < 1.29 is 37.3 Å². The van der Waals surface area contributed by atoms with E-state index >= 15 is 0 Å². The molecule has 0 radical (unpaired) electrons. The molecule has 0 bridgehead atoms. The monoisotopic (exact) mass is 569 g/mol. The Labute approximate surface area is 239 Å². The zero-order chi connectivity index (χ0) is 29.4. The van der Waals surface area contributed by atoms with Gasteiger partial charge in [-0.25, -0.2) is 0 Å². The van der Waals surface area contributed by atoms with Crippen LogP contribution in [-0.2, 0) is 12.8 Å². The van der Waals surface area contributed by atoms with Gasteiger partial charge in [-0.2, -0.15) is 8.78 Å². The van der Waals surface area contributed by atoms with E-state index in [1.807, 2.05) is 62.9 Å². The summed E-state index contributed by atoms with van der Waals surface area (Å²) in [5.74, 6) is 2.42. The summed E-state index contributed by atoms with van der Waals surface area (Å²) in [6.07, 6.45) is 1.14. The molecule has 7 nitrogen and oxygen atoms in total. The molecular formula is C32H37F2NO6. The van der Waals surface area contributed by atoms with E-state index in [1.54, 1.807) is 0 Å². The van der Waals surface area contributed by atoms with E-state index < -0.39 is 6.61 Å². The molecule has 4 rings (SSSR count). The maximum atomic E-state index is 13.9. The minimum Gasteiger partial charge on any atom is -0.490 e. The van der Waals surface area contributed by atoms with Crippen LogP contribution >= 0.6 is 0 Å². The zero-order valence-electron chi connectivity index (χ0n) is 24.0. The number of halogens is 2. The Hall–Kier alpha value is -4.01. The van der Waals surface area contributed by atoms with Crippen LogP contribution in [0, 0.1) is 0 Å². The number of carbonyl (C=O) groups excluding carboxylic acids is 1. The zero-order valence-corrected chi connectivity index (χ0v) is 24.0. The Balaban J connectivity index is 1.74. The van der Waals surface area contributed by atoms with Crippen LogP contribution in [0.15, 0.2) is 54.6 Å². The van der Waals surface area contributed by atoms with Gasteiger partial charge in [0.2, 0.25) is 0 Å². The van der Waals surface area contributed by atoms with Crippen molar-refractivity contribution in [3.63, 3.8) is 0 Å². The molecule has 3 aromatic rings. The van der Waals surface area contributed by atoms with Crippen molar-refractivity contribution in [3.05, 3.63) is 76.9 Å². The van der Waals surface area contributed by atoms with E-state index in [4.69, 9.17) is 18.9 Å². The molecule has 0 unspecified atom stereocenters. The third-order valence-electron chi connectivity index (χ3n) is 6.79. The number of alkyl halides is 2. The van der Waals surface area contributed by atoms with Gasteiger partial charge in [-0.05, 0) is 106 Å². The van der Waals surface area contributed by atoms with Crippen LogP contribution in [0.5, 0.6) is 28.7 Å². The van der Waals surface area contributed by atoms with Crippen molar-refractivity contribution in [1.29, 1.82) is 0 Å². The first kappa shape index (κ1) is 30.0. The summed E-state index contributed by atoms with van der Waals surface area (Å²) in [4.78, 5) is 15.7. The van der Waals surface area contributed by atoms with Gasteiger partial charge in [0.25, 0.3) is 5.91 Å². The van der Waals surface area contributed by atoms with Crippen LogP contribution < -0.4 is 23.7 Å². The lowest BCUT2D eigenvalue weighted by Crippen LogP contribution is -2.41. The topological polar surface area (TPSA) is 66.5 Å². The lowest BCUT2D eigenvalue weighted by Gasteiger charge is -2.38. The molecule has 0 N–H and O–H groups in total. The molecule has 1 aliphatic rings. The second-order valence-electron chi connectivity index (χ2n) is 9.38. The predicted molar refractivity (Wildman–Crippen MR) is 152 cm³/mol. The third-order valence-corrected chi connectivity index (χ3v) is 6.79. The standard InChI is InChI=1S/C32H37F2NO6/c1-5-37-27-14-9-21(18-28(27)38-6-2)17-26-25-20-30(40-8-4)29(39-7-3)19-23(25)15-16-35(26)31(36)22-10-12-24(13-11-22)41-32(33)34/h9-14,18-20,26,32H,5-8,15-17H2,1-4H3/t26-/m1/s1. The summed E-state index contributed by atoms with van der Waals surface area (Å²) in [6, 6.07) is 15.3. The first-order chi connectivity index (χ1) is 19.9. The van der Waals surface area contributed by atoms with Crippen molar-refractivity contribution in [2.75, 3.05) is 33.0 Å². The predicted octanol–water partition coefficient (Wildman–Crippen LogP) is 6.87. The molecule has 0 aromatic heterocycles. The van der Waals surface area contributed by atoms with Crippen LogP contribution in [0.3, 0.4) is 0 Å². The first-order valence-electron chi connectivity index (χ1n) is 14.0. The SMILES string of the molecule is CCOc1ccc(C[C@@H]2c3cc(OCC)c(OCC)cc3CCN2C(=O)c2ccc(OC(F)F)cc2)cc1OCC. The van der Waals surface area contributed by atoms with E-state index in [2.05, 4.69) is 4.74 Å². The van der Waals surface area contributed by atoms with Crippen molar-refractivity contribution >= 4 is 5.91 Å². The van der Waals surface area contributed by atoms with Crippen molar-refractivity contribution in [2.45, 2.75) is 53.2 Å². The molecule has 220 valence electrons. The molecule has 3 aromatic carbocycles. The normalized spacial score (nSPS) is 14.4. The minimum atomic E-state index is -2.93. The highest BCUT2D eigenvalue weighted by Gasteiger charge is 2.33. The van der Waals surface area contributed by atoms with Crippen LogP contribution in [0.25, 0.3) is 0 Å². The maximum absolute atomic E-state index is 13.9. The summed E-state index contributed by atoms with van der Waals surface area (Å²) in [7, 11) is 0. The van der Waals surface area contributed by atoms with Crippen LogP contribution in [0.2, 0.25) is 0 Å². The molecule has 9 heteroatoms. The molecule has 1 heterocycles. The van der Waals surface area contributed by atoms with Gasteiger partial charge in [0.05, 0.1) is 32.5 Å². The molecule has 41 heavy (non-hydrogen) atoms. The van der Waals surface area contributed by atoms with Gasteiger partial charge in [-0.3, -0.25) is 4.79 Å². The quantitative estimate of drug-likeness (QED) is 0.224. The molecule has 0 saturated heterocycles. The Kier molecular flexibility index (Phi) is 10.3. The number of hydrogen-bond donors (Lipinski definition) is 0. The van der Waals surface area contributed by atoms with E-state index in [0.29, 0.717) is 74.4 Å². The number of hydrogen-bond acceptors (Lipinski definition) is 6. The largest absolute Gasteiger partial charge is 0.490 e. The summed E-state index contributed by atoms with van der Waals surface area (Å²) < 4.78 is 53.2. The molecule has 0 spiro atoms. The number of carbonyl (C=O) groups is 1. The number of rotatable bonds is 13. The number of ether oxygens (including phenoxy) is 5. The molecule has 0 fully saturated rings. The molecule has 1 atom stereocenters. The number of benzene rings is 3. The average Bonchev–Trinajstić information content (AvgIpc) is 2.95. The molecular weight excluding hydrogens is 532 g/mol. The van der Waals surface area contributed by atoms with Crippen molar-refractivity contribution in [1.82, 2.24) is 4.90 Å².